The summed E-state index contributed by atoms with van der Waals surface area (Å²) >= 11 is 0. The maximum atomic E-state index is 13.6. The van der Waals surface area contributed by atoms with Crippen molar-refractivity contribution in [1.29, 1.82) is 0 Å². The maximum absolute atomic E-state index is 13.6. The number of aryl methyl sites for hydroxylation is 2. The van der Waals surface area contributed by atoms with Gasteiger partial charge in [0.15, 0.2) is 0 Å². The first-order valence-electron chi connectivity index (χ1n) is 8.92. The van der Waals surface area contributed by atoms with Gasteiger partial charge in [-0.05, 0) is 43.2 Å². The summed E-state index contributed by atoms with van der Waals surface area (Å²) < 4.78 is 28.7. The van der Waals surface area contributed by atoms with Gasteiger partial charge in [-0.1, -0.05) is 77.9 Å². The molecule has 0 spiro atoms. The van der Waals surface area contributed by atoms with Crippen LogP contribution in [0.2, 0.25) is 0 Å². The number of rotatable bonds is 3. The van der Waals surface area contributed by atoms with E-state index >= 15 is 0 Å². The average molecular weight is 375 g/mol. The molecule has 3 aromatic rings. The van der Waals surface area contributed by atoms with Crippen molar-refractivity contribution in [2.75, 3.05) is 4.31 Å². The highest BCUT2D eigenvalue weighted by molar-refractivity contribution is 7.92. The van der Waals surface area contributed by atoms with Crippen LogP contribution in [0, 0.1) is 13.8 Å². The zero-order valence-corrected chi connectivity index (χ0v) is 16.1. The Kier molecular flexibility index (Phi) is 4.36. The van der Waals surface area contributed by atoms with E-state index in [9.17, 15) is 8.42 Å². The predicted octanol–water partition coefficient (Wildman–Crippen LogP) is 5.27. The number of hydrogen-bond acceptors (Lipinski definition) is 2. The van der Waals surface area contributed by atoms with Crippen molar-refractivity contribution in [1.82, 2.24) is 0 Å². The molecule has 0 fully saturated rings. The first-order valence-corrected chi connectivity index (χ1v) is 10.4. The molecule has 1 heterocycles. The lowest BCUT2D eigenvalue weighted by molar-refractivity contribution is 0.586. The van der Waals surface area contributed by atoms with Gasteiger partial charge in [-0.3, -0.25) is 4.31 Å². The van der Waals surface area contributed by atoms with E-state index in [-0.39, 0.29) is 6.04 Å². The lowest BCUT2D eigenvalue weighted by Gasteiger charge is -2.35. The van der Waals surface area contributed by atoms with Gasteiger partial charge in [-0.25, -0.2) is 8.42 Å². The minimum Gasteiger partial charge on any atom is -0.254 e. The fourth-order valence-corrected chi connectivity index (χ4v) is 4.99. The van der Waals surface area contributed by atoms with Gasteiger partial charge in [0.1, 0.15) is 0 Å². The Morgan fingerprint density at radius 3 is 2.04 bits per heavy atom. The number of hydrogen-bond donors (Lipinski definition) is 0. The Balaban J connectivity index is 1.90. The fourth-order valence-electron chi connectivity index (χ4n) is 3.36. The Labute approximate surface area is 160 Å². The number of benzene rings is 3. The second kappa shape index (κ2) is 6.71. The van der Waals surface area contributed by atoms with Crippen LogP contribution in [0.15, 0.2) is 83.8 Å². The van der Waals surface area contributed by atoms with Crippen molar-refractivity contribution in [3.63, 3.8) is 0 Å². The summed E-state index contributed by atoms with van der Waals surface area (Å²) in [5.74, 6) is 0. The van der Waals surface area contributed by atoms with E-state index in [0.717, 1.165) is 22.3 Å². The van der Waals surface area contributed by atoms with E-state index in [1.165, 1.54) is 4.31 Å². The fraction of sp³-hybridized carbons (Fsp3) is 0.130. The van der Waals surface area contributed by atoms with Crippen LogP contribution in [0.5, 0.6) is 0 Å². The molecule has 0 amide bonds. The molecule has 0 saturated heterocycles. The monoisotopic (exact) mass is 375 g/mol. The number of fused-ring (bicyclic) bond motifs is 1. The molecular weight excluding hydrogens is 354 g/mol. The molecule has 1 atom stereocenters. The van der Waals surface area contributed by atoms with Crippen molar-refractivity contribution in [3.8, 4) is 0 Å². The second-order valence-corrected chi connectivity index (χ2v) is 8.70. The van der Waals surface area contributed by atoms with Crippen LogP contribution in [0.1, 0.15) is 28.3 Å². The third-order valence-corrected chi connectivity index (χ3v) is 6.69. The topological polar surface area (TPSA) is 37.4 Å². The van der Waals surface area contributed by atoms with E-state index in [4.69, 9.17) is 0 Å². The van der Waals surface area contributed by atoms with Gasteiger partial charge in [0.25, 0.3) is 10.0 Å². The normalized spacial score (nSPS) is 16.2. The van der Waals surface area contributed by atoms with Crippen molar-refractivity contribution >= 4 is 21.8 Å². The molecule has 0 bridgehead atoms. The van der Waals surface area contributed by atoms with Crippen molar-refractivity contribution in [3.05, 3.63) is 101 Å². The molecule has 3 nitrogen and oxygen atoms in total. The summed E-state index contributed by atoms with van der Waals surface area (Å²) in [4.78, 5) is 0.301. The maximum Gasteiger partial charge on any atom is 0.265 e. The van der Waals surface area contributed by atoms with Crippen LogP contribution in [0.4, 0.5) is 5.69 Å². The predicted molar refractivity (Wildman–Crippen MR) is 110 cm³/mol. The summed E-state index contributed by atoms with van der Waals surface area (Å²) in [6.45, 7) is 3.97. The molecular formula is C23H21NO2S. The number of anilines is 1. The lowest BCUT2D eigenvalue weighted by atomic mass is 9.99. The summed E-state index contributed by atoms with van der Waals surface area (Å²) in [5, 5.41) is 0. The quantitative estimate of drug-likeness (QED) is 0.626. The van der Waals surface area contributed by atoms with Crippen LogP contribution in [0.3, 0.4) is 0 Å². The smallest absolute Gasteiger partial charge is 0.254 e. The van der Waals surface area contributed by atoms with E-state index < -0.39 is 10.0 Å². The first kappa shape index (κ1) is 17.6. The van der Waals surface area contributed by atoms with Gasteiger partial charge < -0.3 is 0 Å². The molecule has 0 aromatic heterocycles. The standard InChI is InChI=1S/C23H21NO2S/c1-17-7-11-20(12-8-17)23-16-13-19-5-3-4-6-22(19)24(23)27(25,26)21-14-9-18(2)10-15-21/h3-16,23H,1-2H3/t23-/m0/s1. The zero-order chi connectivity index (χ0) is 19.0. The summed E-state index contributed by atoms with van der Waals surface area (Å²) in [7, 11) is -3.72. The van der Waals surface area contributed by atoms with Crippen molar-refractivity contribution in [2.24, 2.45) is 0 Å². The highest BCUT2D eigenvalue weighted by atomic mass is 32.2. The SMILES string of the molecule is Cc1ccc([C@@H]2C=Cc3ccccc3N2S(=O)(=O)c2ccc(C)cc2)cc1. The van der Waals surface area contributed by atoms with Crippen molar-refractivity contribution < 1.29 is 8.42 Å². The van der Waals surface area contributed by atoms with E-state index in [0.29, 0.717) is 10.6 Å². The van der Waals surface area contributed by atoms with E-state index in [1.54, 1.807) is 12.1 Å². The molecule has 136 valence electrons. The number of nitrogens with zero attached hydrogens (tertiary/aromatic N) is 1. The Morgan fingerprint density at radius 2 is 1.37 bits per heavy atom. The molecule has 1 aliphatic heterocycles. The first-order chi connectivity index (χ1) is 13.0. The average Bonchev–Trinajstić information content (AvgIpc) is 2.68. The summed E-state index contributed by atoms with van der Waals surface area (Å²) in [5.41, 5.74) is 4.72. The van der Waals surface area contributed by atoms with Crippen LogP contribution < -0.4 is 4.31 Å². The van der Waals surface area contributed by atoms with E-state index in [1.807, 2.05) is 86.7 Å². The Morgan fingerprint density at radius 1 is 0.778 bits per heavy atom. The molecule has 0 unspecified atom stereocenters. The minimum atomic E-state index is -3.72. The summed E-state index contributed by atoms with van der Waals surface area (Å²) in [6.07, 6.45) is 3.96. The summed E-state index contributed by atoms with van der Waals surface area (Å²) in [6, 6.07) is 22.3. The van der Waals surface area contributed by atoms with Crippen molar-refractivity contribution in [2.45, 2.75) is 24.8 Å². The van der Waals surface area contributed by atoms with Gasteiger partial charge in [0.2, 0.25) is 0 Å². The molecule has 0 radical (unpaired) electrons. The van der Waals surface area contributed by atoms with Crippen LogP contribution >= 0.6 is 0 Å². The third-order valence-electron chi connectivity index (χ3n) is 4.88. The molecule has 0 saturated carbocycles. The lowest BCUT2D eigenvalue weighted by Crippen LogP contribution is -2.36. The molecule has 4 rings (SSSR count). The highest BCUT2D eigenvalue weighted by Crippen LogP contribution is 2.40. The largest absolute Gasteiger partial charge is 0.265 e. The molecule has 0 aliphatic carbocycles. The van der Waals surface area contributed by atoms with Crippen LogP contribution in [0.25, 0.3) is 6.08 Å². The molecule has 1 aliphatic rings. The molecule has 0 N–H and O–H groups in total. The van der Waals surface area contributed by atoms with Gasteiger partial charge in [-0.15, -0.1) is 0 Å². The van der Waals surface area contributed by atoms with Crippen LogP contribution in [-0.4, -0.2) is 8.42 Å². The van der Waals surface area contributed by atoms with Crippen LogP contribution in [-0.2, 0) is 10.0 Å². The van der Waals surface area contributed by atoms with Gasteiger partial charge in [-0.2, -0.15) is 0 Å². The van der Waals surface area contributed by atoms with Gasteiger partial charge in [0, 0.05) is 0 Å². The third kappa shape index (κ3) is 3.17. The molecule has 3 aromatic carbocycles. The second-order valence-electron chi connectivity index (χ2n) is 6.89. The Hall–Kier alpha value is -2.85. The molecule has 4 heteroatoms. The van der Waals surface area contributed by atoms with Gasteiger partial charge >= 0.3 is 0 Å². The highest BCUT2D eigenvalue weighted by Gasteiger charge is 2.34. The van der Waals surface area contributed by atoms with Gasteiger partial charge in [0.05, 0.1) is 16.6 Å². The van der Waals surface area contributed by atoms with E-state index in [2.05, 4.69) is 0 Å². The number of para-hydroxylation sites is 1. The minimum absolute atomic E-state index is 0.301. The Bertz CT molecular complexity index is 1100. The molecule has 27 heavy (non-hydrogen) atoms. The zero-order valence-electron chi connectivity index (χ0n) is 15.3. The number of sulfonamides is 1.